The number of aliphatic imine (C=N–C) groups is 1. The van der Waals surface area contributed by atoms with Gasteiger partial charge >= 0.3 is 0 Å². The fourth-order valence-electron chi connectivity index (χ4n) is 1.48. The molecule has 18 heavy (non-hydrogen) atoms. The summed E-state index contributed by atoms with van der Waals surface area (Å²) in [7, 11) is 0. The predicted octanol–water partition coefficient (Wildman–Crippen LogP) is 4.61. The second kappa shape index (κ2) is 10.8. The summed E-state index contributed by atoms with van der Waals surface area (Å²) in [4.78, 5) is 4.40. The Morgan fingerprint density at radius 3 is 2.44 bits per heavy atom. The Hall–Kier alpha value is -1.31. The van der Waals surface area contributed by atoms with Crippen LogP contribution in [0.2, 0.25) is 0 Å². The van der Waals surface area contributed by atoms with Gasteiger partial charge in [-0.15, -0.1) is 0 Å². The van der Waals surface area contributed by atoms with Crippen molar-refractivity contribution in [3.63, 3.8) is 0 Å². The van der Waals surface area contributed by atoms with Crippen LogP contribution in [-0.4, -0.2) is 12.8 Å². The number of nitrogens with zero attached hydrogens (tertiary/aromatic N) is 1. The lowest BCUT2D eigenvalue weighted by Gasteiger charge is -2.05. The monoisotopic (exact) mass is 248 g/mol. The number of rotatable bonds is 8. The summed E-state index contributed by atoms with van der Waals surface area (Å²) in [5, 5.41) is 3.34. The standard InChI is InChI=1S/C16H28N2/c1-6-10-15(5)11-9-12-17-16(8-3)18-13-14(4)7-2/h7-8,11,13,17H,6,9-10,12H2,1-5H3/b14-7-,15-11-,16-8-,18-13+. The van der Waals surface area contributed by atoms with Gasteiger partial charge in [0.15, 0.2) is 0 Å². The molecule has 0 aromatic heterocycles. The largest absolute Gasteiger partial charge is 0.370 e. The Bertz CT molecular complexity index is 333. The molecule has 0 amide bonds. The lowest BCUT2D eigenvalue weighted by atomic mass is 10.1. The van der Waals surface area contributed by atoms with Gasteiger partial charge in [-0.1, -0.05) is 31.1 Å². The third-order valence-electron chi connectivity index (χ3n) is 2.72. The molecule has 0 unspecified atom stereocenters. The molecule has 0 fully saturated rings. The van der Waals surface area contributed by atoms with E-state index in [0.29, 0.717) is 0 Å². The van der Waals surface area contributed by atoms with Crippen molar-refractivity contribution >= 4 is 6.21 Å². The van der Waals surface area contributed by atoms with E-state index in [1.807, 2.05) is 39.1 Å². The molecular formula is C16H28N2. The summed E-state index contributed by atoms with van der Waals surface area (Å²) < 4.78 is 0. The lowest BCUT2D eigenvalue weighted by molar-refractivity contribution is 0.783. The Labute approximate surface area is 113 Å². The van der Waals surface area contributed by atoms with E-state index in [-0.39, 0.29) is 0 Å². The fraction of sp³-hybridized carbons (Fsp3) is 0.562. The van der Waals surface area contributed by atoms with Gasteiger partial charge in [-0.25, -0.2) is 4.99 Å². The quantitative estimate of drug-likeness (QED) is 0.378. The minimum Gasteiger partial charge on any atom is -0.370 e. The first-order chi connectivity index (χ1) is 8.63. The molecule has 0 heterocycles. The fourth-order valence-corrected chi connectivity index (χ4v) is 1.48. The van der Waals surface area contributed by atoms with Crippen molar-refractivity contribution in [1.82, 2.24) is 5.32 Å². The molecule has 0 spiro atoms. The highest BCUT2D eigenvalue weighted by molar-refractivity contribution is 5.78. The lowest BCUT2D eigenvalue weighted by Crippen LogP contribution is -2.13. The van der Waals surface area contributed by atoms with Gasteiger partial charge in [-0.2, -0.15) is 0 Å². The highest BCUT2D eigenvalue weighted by Crippen LogP contribution is 2.04. The van der Waals surface area contributed by atoms with Crippen molar-refractivity contribution in [2.75, 3.05) is 6.54 Å². The Morgan fingerprint density at radius 1 is 1.17 bits per heavy atom. The van der Waals surface area contributed by atoms with Crippen molar-refractivity contribution in [2.24, 2.45) is 4.99 Å². The van der Waals surface area contributed by atoms with Gasteiger partial charge in [0.25, 0.3) is 0 Å². The zero-order valence-electron chi connectivity index (χ0n) is 12.6. The molecule has 0 bridgehead atoms. The molecule has 0 aliphatic heterocycles. The van der Waals surface area contributed by atoms with Crippen LogP contribution >= 0.6 is 0 Å². The zero-order valence-corrected chi connectivity index (χ0v) is 12.6. The Kier molecular flexibility index (Phi) is 10.0. The van der Waals surface area contributed by atoms with E-state index in [4.69, 9.17) is 0 Å². The molecule has 2 nitrogen and oxygen atoms in total. The van der Waals surface area contributed by atoms with Crippen LogP contribution in [0.25, 0.3) is 0 Å². The van der Waals surface area contributed by atoms with E-state index >= 15 is 0 Å². The number of hydrogen-bond acceptors (Lipinski definition) is 2. The molecule has 0 aromatic carbocycles. The van der Waals surface area contributed by atoms with E-state index in [2.05, 4.69) is 30.2 Å². The van der Waals surface area contributed by atoms with Crippen LogP contribution in [0.5, 0.6) is 0 Å². The molecule has 0 saturated carbocycles. The first-order valence-electron chi connectivity index (χ1n) is 6.86. The third kappa shape index (κ3) is 8.80. The molecule has 0 atom stereocenters. The maximum Gasteiger partial charge on any atom is 0.121 e. The average Bonchev–Trinajstić information content (AvgIpc) is 2.37. The van der Waals surface area contributed by atoms with Gasteiger partial charge in [0, 0.05) is 12.8 Å². The van der Waals surface area contributed by atoms with E-state index in [1.165, 1.54) is 24.0 Å². The van der Waals surface area contributed by atoms with Gasteiger partial charge in [-0.3, -0.25) is 0 Å². The van der Waals surface area contributed by atoms with E-state index in [0.717, 1.165) is 18.8 Å². The minimum atomic E-state index is 0.937. The van der Waals surface area contributed by atoms with Crippen LogP contribution in [0.1, 0.15) is 53.9 Å². The van der Waals surface area contributed by atoms with Crippen LogP contribution in [0.3, 0.4) is 0 Å². The van der Waals surface area contributed by atoms with Crippen molar-refractivity contribution in [1.29, 1.82) is 0 Å². The normalized spacial score (nSPS) is 14.4. The number of allylic oxidation sites excluding steroid dienone is 4. The van der Waals surface area contributed by atoms with Gasteiger partial charge in [0.05, 0.1) is 0 Å². The van der Waals surface area contributed by atoms with Crippen molar-refractivity contribution in [2.45, 2.75) is 53.9 Å². The SMILES string of the molecule is C\C=C(C)/C=N/C(=C\C)NCC/C=C(/C)CCC. The van der Waals surface area contributed by atoms with E-state index in [9.17, 15) is 0 Å². The van der Waals surface area contributed by atoms with E-state index in [1.54, 1.807) is 0 Å². The van der Waals surface area contributed by atoms with Gasteiger partial charge in [-0.05, 0) is 52.2 Å². The summed E-state index contributed by atoms with van der Waals surface area (Å²) >= 11 is 0. The average molecular weight is 248 g/mol. The number of nitrogens with one attached hydrogen (secondary N) is 1. The summed E-state index contributed by atoms with van der Waals surface area (Å²) in [6.07, 6.45) is 11.7. The molecule has 1 N–H and O–H groups in total. The third-order valence-corrected chi connectivity index (χ3v) is 2.72. The molecule has 0 saturated heterocycles. The summed E-state index contributed by atoms with van der Waals surface area (Å²) in [6, 6.07) is 0. The first-order valence-corrected chi connectivity index (χ1v) is 6.86. The molecular weight excluding hydrogens is 220 g/mol. The second-order valence-corrected chi connectivity index (χ2v) is 4.48. The highest BCUT2D eigenvalue weighted by atomic mass is 15.0. The van der Waals surface area contributed by atoms with Gasteiger partial charge in [0.1, 0.15) is 5.82 Å². The molecule has 0 aliphatic carbocycles. The van der Waals surface area contributed by atoms with Crippen LogP contribution in [0, 0.1) is 0 Å². The van der Waals surface area contributed by atoms with Crippen LogP contribution < -0.4 is 5.32 Å². The Balaban J connectivity index is 4.04. The first kappa shape index (κ1) is 16.7. The zero-order chi connectivity index (χ0) is 13.8. The predicted molar refractivity (Wildman–Crippen MR) is 83.0 cm³/mol. The minimum absolute atomic E-state index is 0.937. The van der Waals surface area contributed by atoms with Crippen molar-refractivity contribution in [3.05, 3.63) is 35.2 Å². The summed E-state index contributed by atoms with van der Waals surface area (Å²) in [5.41, 5.74) is 2.66. The smallest absolute Gasteiger partial charge is 0.121 e. The molecule has 0 radical (unpaired) electrons. The Morgan fingerprint density at radius 2 is 1.89 bits per heavy atom. The molecule has 2 heteroatoms. The molecule has 102 valence electrons. The van der Waals surface area contributed by atoms with Crippen molar-refractivity contribution < 1.29 is 0 Å². The molecule has 0 aliphatic rings. The van der Waals surface area contributed by atoms with Gasteiger partial charge in [0.2, 0.25) is 0 Å². The molecule has 0 rings (SSSR count). The number of hydrogen-bond donors (Lipinski definition) is 1. The summed E-state index contributed by atoms with van der Waals surface area (Å²) in [5.74, 6) is 0.942. The maximum absolute atomic E-state index is 4.40. The maximum atomic E-state index is 4.40. The topological polar surface area (TPSA) is 24.4 Å². The van der Waals surface area contributed by atoms with Crippen LogP contribution in [0.15, 0.2) is 40.2 Å². The molecule has 0 aromatic rings. The van der Waals surface area contributed by atoms with Crippen molar-refractivity contribution in [3.8, 4) is 0 Å². The van der Waals surface area contributed by atoms with Crippen LogP contribution in [0.4, 0.5) is 0 Å². The summed E-state index contributed by atoms with van der Waals surface area (Å²) in [6.45, 7) is 11.4. The highest BCUT2D eigenvalue weighted by Gasteiger charge is 1.91. The van der Waals surface area contributed by atoms with Gasteiger partial charge < -0.3 is 5.32 Å². The van der Waals surface area contributed by atoms with Crippen LogP contribution in [-0.2, 0) is 0 Å². The van der Waals surface area contributed by atoms with E-state index < -0.39 is 0 Å². The second-order valence-electron chi connectivity index (χ2n) is 4.48.